The molecule has 0 aromatic carbocycles. The van der Waals surface area contributed by atoms with Crippen LogP contribution in [0.4, 0.5) is 0 Å². The number of likely N-dealkylation sites (N-methyl/N-ethyl adjacent to an activating group) is 1. The Labute approximate surface area is 130 Å². The molecule has 2 fully saturated rings. The molecule has 4 nitrogen and oxygen atoms in total. The second-order valence-corrected chi connectivity index (χ2v) is 8.38. The zero-order chi connectivity index (χ0) is 15.5. The minimum Gasteiger partial charge on any atom is -0.385 e. The summed E-state index contributed by atoms with van der Waals surface area (Å²) < 4.78 is 12.4. The fourth-order valence-corrected chi connectivity index (χ4v) is 4.16. The third-order valence-corrected chi connectivity index (χ3v) is 5.07. The highest BCUT2D eigenvalue weighted by molar-refractivity contribution is 4.83. The van der Waals surface area contributed by atoms with Crippen LogP contribution >= 0.6 is 0 Å². The molecule has 3 atom stereocenters. The lowest BCUT2D eigenvalue weighted by atomic mass is 9.71. The van der Waals surface area contributed by atoms with Gasteiger partial charge in [-0.3, -0.25) is 0 Å². The van der Waals surface area contributed by atoms with Crippen LogP contribution in [0.1, 0.15) is 40.0 Å². The number of quaternary nitrogens is 1. The molecule has 4 heteroatoms. The van der Waals surface area contributed by atoms with E-state index in [1.54, 1.807) is 0 Å². The molecule has 0 radical (unpaired) electrons. The summed E-state index contributed by atoms with van der Waals surface area (Å²) in [6, 6.07) is 0. The van der Waals surface area contributed by atoms with Crippen molar-refractivity contribution < 1.29 is 19.1 Å². The van der Waals surface area contributed by atoms with E-state index in [1.165, 1.54) is 6.42 Å². The Balaban J connectivity index is 1.74. The zero-order valence-electron chi connectivity index (χ0n) is 14.3. The van der Waals surface area contributed by atoms with E-state index in [0.717, 1.165) is 56.1 Å². The summed E-state index contributed by atoms with van der Waals surface area (Å²) in [6.07, 6.45) is 3.48. The molecular weight excluding hydrogens is 266 g/mol. The van der Waals surface area contributed by atoms with Gasteiger partial charge in [-0.05, 0) is 30.6 Å². The number of rotatable bonds is 5. The number of morpholine rings is 1. The quantitative estimate of drug-likeness (QED) is 0.790. The van der Waals surface area contributed by atoms with Crippen LogP contribution in [0.15, 0.2) is 0 Å². The topological polar surface area (TPSA) is 38.7 Å². The second kappa shape index (κ2) is 6.95. The molecule has 21 heavy (non-hydrogen) atoms. The van der Waals surface area contributed by atoms with Gasteiger partial charge in [0.1, 0.15) is 25.7 Å². The van der Waals surface area contributed by atoms with Crippen molar-refractivity contribution in [1.82, 2.24) is 0 Å². The van der Waals surface area contributed by atoms with E-state index in [4.69, 9.17) is 9.47 Å². The smallest absolute Gasteiger partial charge is 0.126 e. The number of nitrogens with zero attached hydrogens (tertiary/aromatic N) is 1. The van der Waals surface area contributed by atoms with Gasteiger partial charge in [-0.1, -0.05) is 20.8 Å². The zero-order valence-corrected chi connectivity index (χ0v) is 14.3. The Hall–Kier alpha value is -0.160. The van der Waals surface area contributed by atoms with Crippen molar-refractivity contribution >= 4 is 0 Å². The summed E-state index contributed by atoms with van der Waals surface area (Å²) in [5, 5.41) is 10.3. The summed E-state index contributed by atoms with van der Waals surface area (Å²) in [7, 11) is 2.21. The van der Waals surface area contributed by atoms with E-state index in [1.807, 2.05) is 0 Å². The molecule has 1 aliphatic carbocycles. The summed E-state index contributed by atoms with van der Waals surface area (Å²) in [5.74, 6) is 0.722. The van der Waals surface area contributed by atoms with Crippen molar-refractivity contribution in [3.05, 3.63) is 0 Å². The largest absolute Gasteiger partial charge is 0.385 e. The van der Waals surface area contributed by atoms with E-state index < -0.39 is 0 Å². The molecule has 2 aliphatic rings. The van der Waals surface area contributed by atoms with Gasteiger partial charge < -0.3 is 19.1 Å². The van der Waals surface area contributed by atoms with Crippen LogP contribution in [-0.4, -0.2) is 68.3 Å². The number of aliphatic hydroxyl groups is 1. The number of hydrogen-bond donors (Lipinski definition) is 1. The summed E-state index contributed by atoms with van der Waals surface area (Å²) in [4.78, 5) is 0. The normalized spacial score (nSPS) is 33.6. The molecule has 1 N–H and O–H groups in total. The van der Waals surface area contributed by atoms with Crippen molar-refractivity contribution in [3.63, 3.8) is 0 Å². The van der Waals surface area contributed by atoms with E-state index in [-0.39, 0.29) is 6.10 Å². The van der Waals surface area contributed by atoms with Crippen LogP contribution in [0.3, 0.4) is 0 Å². The van der Waals surface area contributed by atoms with Crippen LogP contribution < -0.4 is 0 Å². The lowest BCUT2D eigenvalue weighted by Gasteiger charge is -2.40. The highest BCUT2D eigenvalue weighted by atomic mass is 16.5. The molecule has 0 amide bonds. The first-order valence-corrected chi connectivity index (χ1v) is 8.49. The van der Waals surface area contributed by atoms with Gasteiger partial charge in [-0.2, -0.15) is 0 Å². The lowest BCUT2D eigenvalue weighted by molar-refractivity contribution is -0.919. The summed E-state index contributed by atoms with van der Waals surface area (Å²) in [6.45, 7) is 11.8. The predicted octanol–water partition coefficient (Wildman–Crippen LogP) is 2.06. The molecule has 1 aliphatic heterocycles. The van der Waals surface area contributed by atoms with Crippen LogP contribution in [0.25, 0.3) is 0 Å². The average Bonchev–Trinajstić information content (AvgIpc) is 2.34. The van der Waals surface area contributed by atoms with Crippen molar-refractivity contribution in [2.24, 2.45) is 11.3 Å². The number of hydrogen-bond acceptors (Lipinski definition) is 3. The van der Waals surface area contributed by atoms with Crippen LogP contribution in [0.5, 0.6) is 0 Å². The Morgan fingerprint density at radius 3 is 2.57 bits per heavy atom. The Morgan fingerprint density at radius 1 is 1.29 bits per heavy atom. The van der Waals surface area contributed by atoms with Gasteiger partial charge in [-0.25, -0.2) is 0 Å². The first-order chi connectivity index (χ1) is 9.78. The van der Waals surface area contributed by atoms with E-state index in [9.17, 15) is 5.11 Å². The maximum Gasteiger partial charge on any atom is 0.126 e. The van der Waals surface area contributed by atoms with Crippen molar-refractivity contribution in [2.45, 2.75) is 52.2 Å². The fraction of sp³-hybridized carbons (Fsp3) is 1.00. The molecular formula is C17H34NO3+. The highest BCUT2D eigenvalue weighted by Crippen LogP contribution is 2.39. The third kappa shape index (κ3) is 5.51. The van der Waals surface area contributed by atoms with Crippen LogP contribution in [0.2, 0.25) is 0 Å². The molecule has 1 saturated carbocycles. The monoisotopic (exact) mass is 300 g/mol. The maximum absolute atomic E-state index is 10.3. The molecule has 0 spiro atoms. The van der Waals surface area contributed by atoms with Crippen LogP contribution in [-0.2, 0) is 9.47 Å². The summed E-state index contributed by atoms with van der Waals surface area (Å²) >= 11 is 0. The van der Waals surface area contributed by atoms with Gasteiger partial charge in [0.2, 0.25) is 0 Å². The SMILES string of the molecule is C[C@@H]1C[C@H](OC[C@H](O)C[N+]2(C)CCOCC2)CC(C)(C)C1. The van der Waals surface area contributed by atoms with Crippen molar-refractivity contribution in [2.75, 3.05) is 46.5 Å². The van der Waals surface area contributed by atoms with Gasteiger partial charge in [0.15, 0.2) is 0 Å². The Morgan fingerprint density at radius 2 is 1.95 bits per heavy atom. The molecule has 124 valence electrons. The molecule has 0 aromatic rings. The Kier molecular flexibility index (Phi) is 5.69. The third-order valence-electron chi connectivity index (χ3n) is 5.07. The minimum absolute atomic E-state index is 0.313. The predicted molar refractivity (Wildman–Crippen MR) is 84.1 cm³/mol. The highest BCUT2D eigenvalue weighted by Gasteiger charge is 2.33. The molecule has 0 unspecified atom stereocenters. The maximum atomic E-state index is 10.3. The van der Waals surface area contributed by atoms with E-state index >= 15 is 0 Å². The van der Waals surface area contributed by atoms with Gasteiger partial charge in [0, 0.05) is 0 Å². The lowest BCUT2D eigenvalue weighted by Crippen LogP contribution is -2.56. The van der Waals surface area contributed by atoms with Gasteiger partial charge in [-0.15, -0.1) is 0 Å². The standard InChI is InChI=1S/C17H34NO3/c1-14-9-16(11-17(2,3)10-14)21-13-15(19)12-18(4)5-7-20-8-6-18/h14-16,19H,5-13H2,1-4H3/q+1/t14-,15-,16+/m1/s1. The minimum atomic E-state index is -0.367. The van der Waals surface area contributed by atoms with Crippen molar-refractivity contribution in [3.8, 4) is 0 Å². The van der Waals surface area contributed by atoms with E-state index in [2.05, 4.69) is 27.8 Å². The van der Waals surface area contributed by atoms with Gasteiger partial charge in [0.05, 0.1) is 33.0 Å². The summed E-state index contributed by atoms with van der Waals surface area (Å²) in [5.41, 5.74) is 0.371. The average molecular weight is 300 g/mol. The Bertz CT molecular complexity index is 326. The molecule has 1 heterocycles. The number of aliphatic hydroxyl groups excluding tert-OH is 1. The first-order valence-electron chi connectivity index (χ1n) is 8.49. The van der Waals surface area contributed by atoms with Crippen LogP contribution in [0, 0.1) is 11.3 Å². The fourth-order valence-electron chi connectivity index (χ4n) is 4.16. The first kappa shape index (κ1) is 17.2. The number of ether oxygens (including phenoxy) is 2. The van der Waals surface area contributed by atoms with Gasteiger partial charge in [0.25, 0.3) is 0 Å². The molecule has 1 saturated heterocycles. The van der Waals surface area contributed by atoms with Crippen molar-refractivity contribution in [1.29, 1.82) is 0 Å². The van der Waals surface area contributed by atoms with Gasteiger partial charge >= 0.3 is 0 Å². The molecule has 2 rings (SSSR count). The molecule has 0 bridgehead atoms. The molecule has 0 aromatic heterocycles. The second-order valence-electron chi connectivity index (χ2n) is 8.38. The van der Waals surface area contributed by atoms with E-state index in [0.29, 0.717) is 18.1 Å².